The molecule has 2 N–H and O–H groups in total. The summed E-state index contributed by atoms with van der Waals surface area (Å²) in [4.78, 5) is 11.2. The quantitative estimate of drug-likeness (QED) is 0.860. The molecule has 3 nitrogen and oxygen atoms in total. The minimum absolute atomic E-state index is 0.111. The number of hydrogen-bond acceptors (Lipinski definition) is 2. The zero-order chi connectivity index (χ0) is 15.2. The monoisotopic (exact) mass is 350 g/mol. The fourth-order valence-corrected chi connectivity index (χ4v) is 2.41. The standard InChI is InChI=1S/C16H16BrFN2O/c1-11(21)20-16-5-3-2-4-12(16)9-19-10-13-8-14(17)6-7-15(13)18/h2-8,19H,9-10H2,1H3,(H,20,21). The van der Waals surface area contributed by atoms with Gasteiger partial charge in [0.2, 0.25) is 5.91 Å². The number of benzene rings is 2. The van der Waals surface area contributed by atoms with Crippen LogP contribution in [0.25, 0.3) is 0 Å². The molecule has 110 valence electrons. The van der Waals surface area contributed by atoms with Crippen molar-refractivity contribution >= 4 is 27.5 Å². The molecular formula is C16H16BrFN2O. The van der Waals surface area contributed by atoms with Crippen LogP contribution in [0.15, 0.2) is 46.9 Å². The fraction of sp³-hybridized carbons (Fsp3) is 0.188. The maximum absolute atomic E-state index is 13.6. The van der Waals surface area contributed by atoms with Crippen LogP contribution in [0, 0.1) is 5.82 Å². The molecule has 0 unspecified atom stereocenters. The second-order valence-corrected chi connectivity index (χ2v) is 5.59. The number of carbonyl (C=O) groups is 1. The highest BCUT2D eigenvalue weighted by Crippen LogP contribution is 2.17. The van der Waals surface area contributed by atoms with Crippen LogP contribution in [-0.4, -0.2) is 5.91 Å². The van der Waals surface area contributed by atoms with Gasteiger partial charge in [-0.3, -0.25) is 4.79 Å². The minimum atomic E-state index is -0.235. The van der Waals surface area contributed by atoms with E-state index in [0.29, 0.717) is 18.7 Å². The predicted octanol–water partition coefficient (Wildman–Crippen LogP) is 3.84. The number of para-hydroxylation sites is 1. The number of carbonyl (C=O) groups excluding carboxylic acids is 1. The summed E-state index contributed by atoms with van der Waals surface area (Å²) in [5, 5.41) is 5.97. The Balaban J connectivity index is 2.00. The Bertz CT molecular complexity index is 646. The molecule has 1 amide bonds. The van der Waals surface area contributed by atoms with Crippen molar-refractivity contribution in [2.24, 2.45) is 0 Å². The predicted molar refractivity (Wildman–Crippen MR) is 85.4 cm³/mol. The van der Waals surface area contributed by atoms with E-state index in [0.717, 1.165) is 15.7 Å². The summed E-state index contributed by atoms with van der Waals surface area (Å²) in [5.41, 5.74) is 2.33. The lowest BCUT2D eigenvalue weighted by Crippen LogP contribution is -2.16. The van der Waals surface area contributed by atoms with Crippen LogP contribution < -0.4 is 10.6 Å². The SMILES string of the molecule is CC(=O)Nc1ccccc1CNCc1cc(Br)ccc1F. The summed E-state index contributed by atoms with van der Waals surface area (Å²) in [5.74, 6) is -0.346. The van der Waals surface area contributed by atoms with Crippen LogP contribution in [-0.2, 0) is 17.9 Å². The maximum Gasteiger partial charge on any atom is 0.221 e. The molecule has 0 aromatic heterocycles. The van der Waals surface area contributed by atoms with Gasteiger partial charge in [0.1, 0.15) is 5.82 Å². The second kappa shape index (κ2) is 7.33. The van der Waals surface area contributed by atoms with E-state index in [1.54, 1.807) is 12.1 Å². The lowest BCUT2D eigenvalue weighted by atomic mass is 10.1. The molecule has 0 bridgehead atoms. The molecule has 5 heteroatoms. The smallest absolute Gasteiger partial charge is 0.221 e. The molecule has 21 heavy (non-hydrogen) atoms. The van der Waals surface area contributed by atoms with E-state index in [-0.39, 0.29) is 11.7 Å². The van der Waals surface area contributed by atoms with Gasteiger partial charge in [-0.1, -0.05) is 34.1 Å². The Morgan fingerprint density at radius 2 is 1.86 bits per heavy atom. The van der Waals surface area contributed by atoms with Gasteiger partial charge in [0.05, 0.1) is 0 Å². The van der Waals surface area contributed by atoms with Crippen LogP contribution in [0.4, 0.5) is 10.1 Å². The van der Waals surface area contributed by atoms with Crippen molar-refractivity contribution in [3.63, 3.8) is 0 Å². The minimum Gasteiger partial charge on any atom is -0.326 e. The van der Waals surface area contributed by atoms with E-state index >= 15 is 0 Å². The van der Waals surface area contributed by atoms with Crippen molar-refractivity contribution in [1.82, 2.24) is 5.32 Å². The number of rotatable bonds is 5. The molecule has 0 atom stereocenters. The summed E-state index contributed by atoms with van der Waals surface area (Å²) in [7, 11) is 0. The third kappa shape index (κ3) is 4.65. The summed E-state index contributed by atoms with van der Waals surface area (Å²) >= 11 is 3.33. The Labute approximate surface area is 131 Å². The molecule has 0 saturated carbocycles. The van der Waals surface area contributed by atoms with E-state index in [1.807, 2.05) is 24.3 Å². The normalized spacial score (nSPS) is 10.4. The molecule has 0 radical (unpaired) electrons. The topological polar surface area (TPSA) is 41.1 Å². The molecule has 2 aromatic rings. The third-order valence-electron chi connectivity index (χ3n) is 2.97. The van der Waals surface area contributed by atoms with E-state index in [2.05, 4.69) is 26.6 Å². The number of anilines is 1. The van der Waals surface area contributed by atoms with Crippen molar-refractivity contribution in [1.29, 1.82) is 0 Å². The average molecular weight is 351 g/mol. The van der Waals surface area contributed by atoms with Gasteiger partial charge in [0.25, 0.3) is 0 Å². The van der Waals surface area contributed by atoms with Crippen molar-refractivity contribution in [3.8, 4) is 0 Å². The van der Waals surface area contributed by atoms with Crippen LogP contribution in [0.1, 0.15) is 18.1 Å². The summed E-state index contributed by atoms with van der Waals surface area (Å²) < 4.78 is 14.5. The first-order valence-electron chi connectivity index (χ1n) is 6.56. The highest BCUT2D eigenvalue weighted by atomic mass is 79.9. The lowest BCUT2D eigenvalue weighted by Gasteiger charge is -2.11. The van der Waals surface area contributed by atoms with E-state index in [1.165, 1.54) is 13.0 Å². The highest BCUT2D eigenvalue weighted by Gasteiger charge is 2.05. The van der Waals surface area contributed by atoms with Crippen molar-refractivity contribution in [2.45, 2.75) is 20.0 Å². The molecule has 0 aliphatic rings. The highest BCUT2D eigenvalue weighted by molar-refractivity contribution is 9.10. The van der Waals surface area contributed by atoms with Gasteiger partial charge in [0, 0.05) is 35.7 Å². The lowest BCUT2D eigenvalue weighted by molar-refractivity contribution is -0.114. The molecule has 0 fully saturated rings. The van der Waals surface area contributed by atoms with Gasteiger partial charge in [0.15, 0.2) is 0 Å². The molecule has 0 heterocycles. The van der Waals surface area contributed by atoms with Gasteiger partial charge in [-0.2, -0.15) is 0 Å². The van der Waals surface area contributed by atoms with Gasteiger partial charge in [-0.15, -0.1) is 0 Å². The number of amides is 1. The van der Waals surface area contributed by atoms with E-state index in [9.17, 15) is 9.18 Å². The third-order valence-corrected chi connectivity index (χ3v) is 3.46. The van der Waals surface area contributed by atoms with Crippen LogP contribution in [0.3, 0.4) is 0 Å². The Morgan fingerprint density at radius 3 is 2.62 bits per heavy atom. The van der Waals surface area contributed by atoms with Gasteiger partial charge in [-0.05, 0) is 29.8 Å². The zero-order valence-corrected chi connectivity index (χ0v) is 13.2. The first-order valence-corrected chi connectivity index (χ1v) is 7.35. The average Bonchev–Trinajstić information content (AvgIpc) is 2.44. The van der Waals surface area contributed by atoms with Crippen molar-refractivity contribution < 1.29 is 9.18 Å². The van der Waals surface area contributed by atoms with Gasteiger partial charge < -0.3 is 10.6 Å². The fourth-order valence-electron chi connectivity index (χ4n) is 2.00. The molecule has 0 spiro atoms. The first-order chi connectivity index (χ1) is 10.1. The molecule has 0 aliphatic heterocycles. The van der Waals surface area contributed by atoms with Crippen LogP contribution in [0.5, 0.6) is 0 Å². The molecule has 0 aliphatic carbocycles. The van der Waals surface area contributed by atoms with E-state index < -0.39 is 0 Å². The Morgan fingerprint density at radius 1 is 1.14 bits per heavy atom. The van der Waals surface area contributed by atoms with Crippen LogP contribution >= 0.6 is 15.9 Å². The summed E-state index contributed by atoms with van der Waals surface area (Å²) in [6, 6.07) is 12.4. The summed E-state index contributed by atoms with van der Waals surface area (Å²) in [6.45, 7) is 2.43. The summed E-state index contributed by atoms with van der Waals surface area (Å²) in [6.07, 6.45) is 0. The van der Waals surface area contributed by atoms with Gasteiger partial charge in [-0.25, -0.2) is 4.39 Å². The Hall–Kier alpha value is -1.72. The largest absolute Gasteiger partial charge is 0.326 e. The zero-order valence-electron chi connectivity index (χ0n) is 11.6. The Kier molecular flexibility index (Phi) is 5.47. The van der Waals surface area contributed by atoms with Crippen molar-refractivity contribution in [2.75, 3.05) is 5.32 Å². The molecule has 2 rings (SSSR count). The molecular weight excluding hydrogens is 335 g/mol. The maximum atomic E-state index is 13.6. The number of nitrogens with one attached hydrogen (secondary N) is 2. The number of hydrogen-bond donors (Lipinski definition) is 2. The van der Waals surface area contributed by atoms with Crippen LogP contribution in [0.2, 0.25) is 0 Å². The molecule has 2 aromatic carbocycles. The second-order valence-electron chi connectivity index (χ2n) is 4.68. The van der Waals surface area contributed by atoms with Gasteiger partial charge >= 0.3 is 0 Å². The molecule has 0 saturated heterocycles. The number of halogens is 2. The van der Waals surface area contributed by atoms with E-state index in [4.69, 9.17) is 0 Å². The first kappa shape index (κ1) is 15.7. The van der Waals surface area contributed by atoms with Crippen molar-refractivity contribution in [3.05, 3.63) is 63.9 Å².